The van der Waals surface area contributed by atoms with Gasteiger partial charge in [-0.05, 0) is 82.6 Å². The highest BCUT2D eigenvalue weighted by Gasteiger charge is 2.18. The van der Waals surface area contributed by atoms with Crippen LogP contribution < -0.4 is 10.2 Å². The Kier molecular flexibility index (Phi) is 4.93. The number of anilines is 2. The fraction of sp³-hybridized carbons (Fsp3) is 0.136. The normalized spacial score (nSPS) is 12.7. The molecule has 0 fully saturated rings. The molecule has 0 saturated carbocycles. The highest BCUT2D eigenvalue weighted by molar-refractivity contribution is 14.1. The summed E-state index contributed by atoms with van der Waals surface area (Å²) in [6.07, 6.45) is 1.10. The molecule has 26 heavy (non-hydrogen) atoms. The summed E-state index contributed by atoms with van der Waals surface area (Å²) in [6, 6.07) is 24.3. The summed E-state index contributed by atoms with van der Waals surface area (Å²) in [5.41, 5.74) is 5.45. The van der Waals surface area contributed by atoms with Gasteiger partial charge in [-0.2, -0.15) is 0 Å². The van der Waals surface area contributed by atoms with Crippen LogP contribution in [0.3, 0.4) is 0 Å². The van der Waals surface area contributed by atoms with E-state index in [1.807, 2.05) is 48.5 Å². The third kappa shape index (κ3) is 3.75. The summed E-state index contributed by atoms with van der Waals surface area (Å²) in [4.78, 5) is 14.8. The van der Waals surface area contributed by atoms with E-state index in [1.54, 1.807) is 0 Å². The van der Waals surface area contributed by atoms with Crippen LogP contribution >= 0.6 is 22.6 Å². The maximum Gasteiger partial charge on any atom is 0.255 e. The monoisotopic (exact) mass is 454 g/mol. The molecule has 1 N–H and O–H groups in total. The average Bonchev–Trinajstić information content (AvgIpc) is 3.07. The largest absolute Gasteiger partial charge is 0.367 e. The third-order valence-corrected chi connectivity index (χ3v) is 5.39. The molecule has 0 atom stereocenters. The summed E-state index contributed by atoms with van der Waals surface area (Å²) in [7, 11) is 0. The van der Waals surface area contributed by atoms with Crippen molar-refractivity contribution in [1.82, 2.24) is 0 Å². The van der Waals surface area contributed by atoms with Crippen LogP contribution in [0, 0.1) is 3.57 Å². The van der Waals surface area contributed by atoms with Crippen LogP contribution in [0.1, 0.15) is 21.5 Å². The minimum atomic E-state index is -0.0794. The molecule has 0 radical (unpaired) electrons. The zero-order valence-electron chi connectivity index (χ0n) is 14.3. The topological polar surface area (TPSA) is 32.3 Å². The first kappa shape index (κ1) is 17.1. The number of carbonyl (C=O) groups is 1. The van der Waals surface area contributed by atoms with E-state index in [9.17, 15) is 4.79 Å². The second-order valence-electron chi connectivity index (χ2n) is 6.46. The van der Waals surface area contributed by atoms with Crippen molar-refractivity contribution in [2.24, 2.45) is 0 Å². The van der Waals surface area contributed by atoms with Crippen molar-refractivity contribution in [1.29, 1.82) is 0 Å². The Balaban J connectivity index is 1.42. The van der Waals surface area contributed by atoms with Gasteiger partial charge in [0.05, 0.1) is 0 Å². The van der Waals surface area contributed by atoms with E-state index in [2.05, 4.69) is 57.1 Å². The summed E-state index contributed by atoms with van der Waals surface area (Å²) in [6.45, 7) is 1.92. The molecule has 0 unspecified atom stereocenters. The van der Waals surface area contributed by atoms with E-state index in [0.717, 1.165) is 28.8 Å². The molecule has 0 bridgehead atoms. The smallest absolute Gasteiger partial charge is 0.255 e. The van der Waals surface area contributed by atoms with E-state index in [0.29, 0.717) is 5.56 Å². The SMILES string of the molecule is O=C(Nc1ccc(I)cc1)c1ccc(CN2CCc3ccccc32)cc1. The summed E-state index contributed by atoms with van der Waals surface area (Å²) >= 11 is 2.25. The van der Waals surface area contributed by atoms with Gasteiger partial charge < -0.3 is 10.2 Å². The molecule has 130 valence electrons. The van der Waals surface area contributed by atoms with Gasteiger partial charge in [-0.3, -0.25) is 4.79 Å². The van der Waals surface area contributed by atoms with Gasteiger partial charge in [-0.1, -0.05) is 30.3 Å². The number of fused-ring (bicyclic) bond motifs is 1. The van der Waals surface area contributed by atoms with Gasteiger partial charge in [0.1, 0.15) is 0 Å². The van der Waals surface area contributed by atoms with Crippen molar-refractivity contribution in [2.45, 2.75) is 13.0 Å². The maximum absolute atomic E-state index is 12.4. The zero-order chi connectivity index (χ0) is 17.9. The Bertz CT molecular complexity index is 920. The molecule has 4 heteroatoms. The van der Waals surface area contributed by atoms with Crippen molar-refractivity contribution in [3.8, 4) is 0 Å². The van der Waals surface area contributed by atoms with Crippen LogP contribution in [0.25, 0.3) is 0 Å². The van der Waals surface area contributed by atoms with E-state index < -0.39 is 0 Å². The molecule has 1 aliphatic rings. The van der Waals surface area contributed by atoms with Gasteiger partial charge in [0.25, 0.3) is 5.91 Å². The second-order valence-corrected chi connectivity index (χ2v) is 7.70. The summed E-state index contributed by atoms with van der Waals surface area (Å²) < 4.78 is 1.15. The van der Waals surface area contributed by atoms with Crippen LogP contribution in [0.4, 0.5) is 11.4 Å². The van der Waals surface area contributed by atoms with Gasteiger partial charge in [0.15, 0.2) is 0 Å². The third-order valence-electron chi connectivity index (χ3n) is 4.68. The van der Waals surface area contributed by atoms with Gasteiger partial charge in [-0.15, -0.1) is 0 Å². The van der Waals surface area contributed by atoms with E-state index in [-0.39, 0.29) is 5.91 Å². The highest BCUT2D eigenvalue weighted by Crippen LogP contribution is 2.28. The number of nitrogens with zero attached hydrogens (tertiary/aromatic N) is 1. The zero-order valence-corrected chi connectivity index (χ0v) is 16.4. The molecule has 3 aromatic rings. The maximum atomic E-state index is 12.4. The average molecular weight is 454 g/mol. The minimum absolute atomic E-state index is 0.0794. The number of hydrogen-bond donors (Lipinski definition) is 1. The van der Waals surface area contributed by atoms with E-state index in [4.69, 9.17) is 0 Å². The number of para-hydroxylation sites is 1. The first-order valence-corrected chi connectivity index (χ1v) is 9.76. The lowest BCUT2D eigenvalue weighted by atomic mass is 10.1. The Labute approximate surface area is 167 Å². The van der Waals surface area contributed by atoms with Crippen LogP contribution in [-0.2, 0) is 13.0 Å². The van der Waals surface area contributed by atoms with Crippen molar-refractivity contribution < 1.29 is 4.79 Å². The van der Waals surface area contributed by atoms with Crippen LogP contribution in [0.15, 0.2) is 72.8 Å². The van der Waals surface area contributed by atoms with E-state index in [1.165, 1.54) is 16.8 Å². The Morgan fingerprint density at radius 1 is 0.962 bits per heavy atom. The van der Waals surface area contributed by atoms with E-state index >= 15 is 0 Å². The lowest BCUT2D eigenvalue weighted by Crippen LogP contribution is -2.19. The first-order chi connectivity index (χ1) is 12.7. The number of benzene rings is 3. The Morgan fingerprint density at radius 3 is 2.46 bits per heavy atom. The quantitative estimate of drug-likeness (QED) is 0.556. The number of amides is 1. The van der Waals surface area contributed by atoms with Crippen molar-refractivity contribution in [3.05, 3.63) is 93.1 Å². The Morgan fingerprint density at radius 2 is 1.69 bits per heavy atom. The predicted molar refractivity (Wildman–Crippen MR) is 115 cm³/mol. The van der Waals surface area contributed by atoms with Gasteiger partial charge in [-0.25, -0.2) is 0 Å². The molecule has 4 rings (SSSR count). The molecule has 1 heterocycles. The number of halogens is 1. The molecule has 3 nitrogen and oxygen atoms in total. The summed E-state index contributed by atoms with van der Waals surface area (Å²) in [5, 5.41) is 2.94. The lowest BCUT2D eigenvalue weighted by Gasteiger charge is -2.19. The number of carbonyl (C=O) groups excluding carboxylic acids is 1. The summed E-state index contributed by atoms with van der Waals surface area (Å²) in [5.74, 6) is -0.0794. The number of hydrogen-bond acceptors (Lipinski definition) is 2. The molecule has 1 amide bonds. The molecular formula is C22H19IN2O. The lowest BCUT2D eigenvalue weighted by molar-refractivity contribution is 0.102. The van der Waals surface area contributed by atoms with Gasteiger partial charge >= 0.3 is 0 Å². The molecule has 0 saturated heterocycles. The van der Waals surface area contributed by atoms with Crippen molar-refractivity contribution in [3.63, 3.8) is 0 Å². The second kappa shape index (κ2) is 7.50. The van der Waals surface area contributed by atoms with Crippen LogP contribution in [0.2, 0.25) is 0 Å². The van der Waals surface area contributed by atoms with Crippen molar-refractivity contribution in [2.75, 3.05) is 16.8 Å². The molecule has 3 aromatic carbocycles. The molecule has 0 spiro atoms. The molecule has 0 aliphatic carbocycles. The predicted octanol–water partition coefficient (Wildman–Crippen LogP) is 5.11. The number of nitrogens with one attached hydrogen (secondary N) is 1. The van der Waals surface area contributed by atoms with Gasteiger partial charge in [0.2, 0.25) is 0 Å². The molecule has 0 aromatic heterocycles. The van der Waals surface area contributed by atoms with Crippen LogP contribution in [-0.4, -0.2) is 12.5 Å². The number of rotatable bonds is 4. The fourth-order valence-corrected chi connectivity index (χ4v) is 3.65. The first-order valence-electron chi connectivity index (χ1n) is 8.68. The minimum Gasteiger partial charge on any atom is -0.367 e. The molecule has 1 aliphatic heterocycles. The van der Waals surface area contributed by atoms with Crippen LogP contribution in [0.5, 0.6) is 0 Å². The standard InChI is InChI=1S/C22H19IN2O/c23-19-9-11-20(12-10-19)24-22(26)18-7-5-16(6-8-18)15-25-14-13-17-3-1-2-4-21(17)25/h1-12H,13-15H2,(H,24,26). The van der Waals surface area contributed by atoms with Crippen molar-refractivity contribution >= 4 is 39.9 Å². The van der Waals surface area contributed by atoms with Gasteiger partial charge in [0, 0.05) is 33.6 Å². The Hall–Kier alpha value is -2.34. The fourth-order valence-electron chi connectivity index (χ4n) is 3.29. The molecular weight excluding hydrogens is 435 g/mol. The highest BCUT2D eigenvalue weighted by atomic mass is 127.